The van der Waals surface area contributed by atoms with E-state index in [-0.39, 0.29) is 5.91 Å². The first-order chi connectivity index (χ1) is 8.84. The van der Waals surface area contributed by atoms with Crippen LogP contribution in [0, 0.1) is 0 Å². The topological polar surface area (TPSA) is 38.3 Å². The van der Waals surface area contributed by atoms with Crippen molar-refractivity contribution in [2.75, 3.05) is 13.2 Å². The highest BCUT2D eigenvalue weighted by Gasteiger charge is 2.14. The molecule has 1 aromatic rings. The molecule has 0 aromatic carbocycles. The van der Waals surface area contributed by atoms with E-state index in [0.29, 0.717) is 12.5 Å². The summed E-state index contributed by atoms with van der Waals surface area (Å²) in [6, 6.07) is 1.99. The fourth-order valence-electron chi connectivity index (χ4n) is 2.25. The van der Waals surface area contributed by atoms with E-state index in [1.54, 1.807) is 11.3 Å². The number of hydrogen-bond donors (Lipinski definition) is 1. The van der Waals surface area contributed by atoms with E-state index < -0.39 is 0 Å². The zero-order valence-electron chi connectivity index (χ0n) is 10.7. The highest BCUT2D eigenvalue weighted by Crippen LogP contribution is 2.20. The molecule has 1 aliphatic rings. The molecule has 3 nitrogen and oxygen atoms in total. The van der Waals surface area contributed by atoms with Gasteiger partial charge < -0.3 is 10.1 Å². The Morgan fingerprint density at radius 2 is 2.28 bits per heavy atom. The lowest BCUT2D eigenvalue weighted by Crippen LogP contribution is -2.27. The monoisotopic (exact) mass is 267 g/mol. The van der Waals surface area contributed by atoms with Gasteiger partial charge in [-0.05, 0) is 41.7 Å². The summed E-state index contributed by atoms with van der Waals surface area (Å²) >= 11 is 1.63. The fourth-order valence-corrected chi connectivity index (χ4v) is 2.91. The molecule has 0 aliphatic heterocycles. The minimum atomic E-state index is 0.106. The van der Waals surface area contributed by atoms with Gasteiger partial charge in [-0.1, -0.05) is 12.8 Å². The van der Waals surface area contributed by atoms with E-state index in [1.165, 1.54) is 25.7 Å². The Balaban J connectivity index is 1.48. The van der Waals surface area contributed by atoms with Crippen molar-refractivity contribution in [3.05, 3.63) is 22.4 Å². The summed E-state index contributed by atoms with van der Waals surface area (Å²) in [5.74, 6) is 0.106. The van der Waals surface area contributed by atoms with Gasteiger partial charge >= 0.3 is 0 Å². The van der Waals surface area contributed by atoms with Gasteiger partial charge in [0.25, 0.3) is 0 Å². The van der Waals surface area contributed by atoms with Crippen LogP contribution in [-0.2, 0) is 16.0 Å². The van der Waals surface area contributed by atoms with E-state index >= 15 is 0 Å². The van der Waals surface area contributed by atoms with Gasteiger partial charge in [0.1, 0.15) is 0 Å². The van der Waals surface area contributed by atoms with Gasteiger partial charge in [-0.2, -0.15) is 11.3 Å². The van der Waals surface area contributed by atoms with Crippen molar-refractivity contribution in [2.45, 2.75) is 44.6 Å². The molecule has 0 atom stereocenters. The van der Waals surface area contributed by atoms with Crippen molar-refractivity contribution < 1.29 is 9.53 Å². The highest BCUT2D eigenvalue weighted by atomic mass is 32.1. The van der Waals surface area contributed by atoms with Gasteiger partial charge in [-0.3, -0.25) is 4.79 Å². The van der Waals surface area contributed by atoms with Crippen molar-refractivity contribution in [1.82, 2.24) is 5.32 Å². The minimum absolute atomic E-state index is 0.106. The van der Waals surface area contributed by atoms with Crippen molar-refractivity contribution in [3.63, 3.8) is 0 Å². The van der Waals surface area contributed by atoms with Gasteiger partial charge in [0.05, 0.1) is 12.5 Å². The zero-order chi connectivity index (χ0) is 12.6. The van der Waals surface area contributed by atoms with E-state index in [0.717, 1.165) is 25.1 Å². The highest BCUT2D eigenvalue weighted by molar-refractivity contribution is 7.07. The summed E-state index contributed by atoms with van der Waals surface area (Å²) in [5, 5.41) is 6.95. The summed E-state index contributed by atoms with van der Waals surface area (Å²) in [6.07, 6.45) is 6.92. The third-order valence-electron chi connectivity index (χ3n) is 3.24. The number of rotatable bonds is 7. The lowest BCUT2D eigenvalue weighted by atomic mass is 10.2. The Bertz CT molecular complexity index is 345. The molecule has 1 aliphatic carbocycles. The van der Waals surface area contributed by atoms with E-state index in [1.807, 2.05) is 16.8 Å². The van der Waals surface area contributed by atoms with Gasteiger partial charge in [0.2, 0.25) is 5.91 Å². The average Bonchev–Trinajstić information content (AvgIpc) is 3.01. The number of thiophene rings is 1. The van der Waals surface area contributed by atoms with Gasteiger partial charge in [-0.25, -0.2) is 0 Å². The molecular weight excluding hydrogens is 246 g/mol. The normalized spacial score (nSPS) is 16.0. The van der Waals surface area contributed by atoms with Gasteiger partial charge in [0, 0.05) is 13.2 Å². The zero-order valence-corrected chi connectivity index (χ0v) is 11.5. The number of carbonyl (C=O) groups excluding carboxylic acids is 1. The molecule has 0 spiro atoms. The molecule has 0 saturated heterocycles. The molecule has 1 N–H and O–H groups in total. The Kier molecular flexibility index (Phi) is 5.68. The Morgan fingerprint density at radius 3 is 3.00 bits per heavy atom. The van der Waals surface area contributed by atoms with Crippen molar-refractivity contribution >= 4 is 17.2 Å². The van der Waals surface area contributed by atoms with Crippen molar-refractivity contribution in [3.8, 4) is 0 Å². The molecule has 0 radical (unpaired) electrons. The van der Waals surface area contributed by atoms with Crippen LogP contribution in [-0.4, -0.2) is 25.2 Å². The Labute approximate surface area is 113 Å². The van der Waals surface area contributed by atoms with Crippen molar-refractivity contribution in [1.29, 1.82) is 0 Å². The van der Waals surface area contributed by atoms with Crippen LogP contribution in [0.15, 0.2) is 16.8 Å². The predicted molar refractivity (Wildman–Crippen MR) is 73.9 cm³/mol. The van der Waals surface area contributed by atoms with Crippen molar-refractivity contribution in [2.24, 2.45) is 0 Å². The fraction of sp³-hybridized carbons (Fsp3) is 0.643. The smallest absolute Gasteiger partial charge is 0.224 e. The van der Waals surface area contributed by atoms with Crippen LogP contribution >= 0.6 is 11.3 Å². The maximum absolute atomic E-state index is 11.6. The van der Waals surface area contributed by atoms with Crippen LogP contribution in [0.2, 0.25) is 0 Å². The summed E-state index contributed by atoms with van der Waals surface area (Å²) < 4.78 is 5.74. The first kappa shape index (κ1) is 13.6. The summed E-state index contributed by atoms with van der Waals surface area (Å²) in [5.41, 5.74) is 1.10. The van der Waals surface area contributed by atoms with Crippen LogP contribution in [0.3, 0.4) is 0 Å². The quantitative estimate of drug-likeness (QED) is 0.771. The molecule has 4 heteroatoms. The SMILES string of the molecule is O=C(Cc1ccsc1)NCCCOC1CCCC1. The second-order valence-electron chi connectivity index (χ2n) is 4.79. The maximum atomic E-state index is 11.6. The molecule has 1 amide bonds. The standard InChI is InChI=1S/C14H21NO2S/c16-14(10-12-6-9-18-11-12)15-7-3-8-17-13-4-1-2-5-13/h6,9,11,13H,1-5,7-8,10H2,(H,15,16). The largest absolute Gasteiger partial charge is 0.378 e. The third kappa shape index (κ3) is 4.78. The van der Waals surface area contributed by atoms with Gasteiger partial charge in [-0.15, -0.1) is 0 Å². The molecule has 2 rings (SSSR count). The van der Waals surface area contributed by atoms with E-state index in [4.69, 9.17) is 4.74 Å². The summed E-state index contributed by atoms with van der Waals surface area (Å²) in [7, 11) is 0. The molecule has 1 aromatic heterocycles. The number of hydrogen-bond acceptors (Lipinski definition) is 3. The van der Waals surface area contributed by atoms with E-state index in [9.17, 15) is 4.79 Å². The van der Waals surface area contributed by atoms with Crippen LogP contribution in [0.1, 0.15) is 37.7 Å². The second-order valence-corrected chi connectivity index (χ2v) is 5.57. The second kappa shape index (κ2) is 7.54. The van der Waals surface area contributed by atoms with Crippen LogP contribution in [0.25, 0.3) is 0 Å². The average molecular weight is 267 g/mol. The third-order valence-corrected chi connectivity index (χ3v) is 3.98. The number of amides is 1. The molecule has 1 fully saturated rings. The minimum Gasteiger partial charge on any atom is -0.378 e. The van der Waals surface area contributed by atoms with Crippen LogP contribution < -0.4 is 5.32 Å². The Hall–Kier alpha value is -0.870. The lowest BCUT2D eigenvalue weighted by molar-refractivity contribution is -0.120. The molecular formula is C14H21NO2S. The molecule has 1 saturated carbocycles. The maximum Gasteiger partial charge on any atom is 0.224 e. The molecule has 100 valence electrons. The summed E-state index contributed by atoms with van der Waals surface area (Å²) in [4.78, 5) is 11.6. The van der Waals surface area contributed by atoms with E-state index in [2.05, 4.69) is 5.32 Å². The summed E-state index contributed by atoms with van der Waals surface area (Å²) in [6.45, 7) is 1.49. The molecule has 0 bridgehead atoms. The lowest BCUT2D eigenvalue weighted by Gasteiger charge is -2.11. The predicted octanol–water partition coefficient (Wildman–Crippen LogP) is 2.76. The first-order valence-corrected chi connectivity index (χ1v) is 7.68. The molecule has 18 heavy (non-hydrogen) atoms. The number of nitrogens with one attached hydrogen (secondary N) is 1. The molecule has 1 heterocycles. The van der Waals surface area contributed by atoms with Crippen LogP contribution in [0.5, 0.6) is 0 Å². The van der Waals surface area contributed by atoms with Crippen LogP contribution in [0.4, 0.5) is 0 Å². The first-order valence-electron chi connectivity index (χ1n) is 6.74. The van der Waals surface area contributed by atoms with Gasteiger partial charge in [0.15, 0.2) is 0 Å². The Morgan fingerprint density at radius 1 is 1.44 bits per heavy atom. The number of ether oxygens (including phenoxy) is 1. The molecule has 0 unspecified atom stereocenters. The number of carbonyl (C=O) groups is 1.